The van der Waals surface area contributed by atoms with Crippen LogP contribution in [-0.4, -0.2) is 20.8 Å². The van der Waals surface area contributed by atoms with Crippen molar-refractivity contribution in [3.05, 3.63) is 212 Å². The third kappa shape index (κ3) is 5.83. The average molecular weight is 786 g/mol. The Balaban J connectivity index is 0.950. The van der Waals surface area contributed by atoms with Gasteiger partial charge in [-0.05, 0) is 96.9 Å². The maximum atomic E-state index is 6.79. The van der Waals surface area contributed by atoms with Gasteiger partial charge < -0.3 is 19.1 Å². The van der Waals surface area contributed by atoms with Gasteiger partial charge in [0.1, 0.15) is 24.0 Å². The third-order valence-corrected chi connectivity index (χ3v) is 12.1. The van der Waals surface area contributed by atoms with Crippen molar-refractivity contribution in [2.75, 3.05) is 16.5 Å². The Hall–Kier alpha value is -8.09. The second-order valence-corrected chi connectivity index (χ2v) is 15.8. The quantitative estimate of drug-likeness (QED) is 0.161. The number of aromatic nitrogens is 3. The summed E-state index contributed by atoms with van der Waals surface area (Å²) in [5.41, 5.74) is 13.6. The lowest BCUT2D eigenvalue weighted by Crippen LogP contribution is -2.23. The molecule has 8 aromatic carbocycles. The third-order valence-electron chi connectivity index (χ3n) is 12.1. The van der Waals surface area contributed by atoms with Gasteiger partial charge in [0.25, 0.3) is 0 Å². The molecule has 0 spiro atoms. The van der Waals surface area contributed by atoms with Crippen molar-refractivity contribution >= 4 is 66.4 Å². The van der Waals surface area contributed by atoms with Gasteiger partial charge in [-0.2, -0.15) is 0 Å². The first kappa shape index (κ1) is 34.9. The summed E-state index contributed by atoms with van der Waals surface area (Å²) in [4.78, 5) is 9.92. The van der Waals surface area contributed by atoms with Crippen molar-refractivity contribution in [1.82, 2.24) is 14.1 Å². The molecule has 6 heteroatoms. The molecule has 0 amide bonds. The first-order chi connectivity index (χ1) is 30.1. The van der Waals surface area contributed by atoms with E-state index in [2.05, 4.69) is 220 Å². The minimum atomic E-state index is 0.674. The molecular formula is C55H39N5O. The van der Waals surface area contributed by atoms with E-state index in [-0.39, 0.29) is 0 Å². The lowest BCUT2D eigenvalue weighted by molar-refractivity contribution is 0.483. The van der Waals surface area contributed by atoms with Gasteiger partial charge in [-0.3, -0.25) is 4.57 Å². The number of hydrogen-bond donors (Lipinski definition) is 0. The van der Waals surface area contributed by atoms with Crippen LogP contribution in [0.5, 0.6) is 11.5 Å². The van der Waals surface area contributed by atoms with Crippen LogP contribution in [0.15, 0.2) is 206 Å². The lowest BCUT2D eigenvalue weighted by atomic mass is 10.0. The molecule has 0 fully saturated rings. The molecule has 0 N–H and O–H groups in total. The topological polar surface area (TPSA) is 38.5 Å². The summed E-state index contributed by atoms with van der Waals surface area (Å²) in [6, 6.07) is 70.9. The van der Waals surface area contributed by atoms with E-state index in [9.17, 15) is 0 Å². The maximum Gasteiger partial charge on any atom is 0.139 e. The van der Waals surface area contributed by atoms with Crippen LogP contribution in [0.2, 0.25) is 0 Å². The van der Waals surface area contributed by atoms with Gasteiger partial charge in [-0.25, -0.2) is 4.98 Å². The molecule has 1 aliphatic rings. The van der Waals surface area contributed by atoms with Crippen LogP contribution >= 0.6 is 0 Å². The first-order valence-corrected chi connectivity index (χ1v) is 20.7. The van der Waals surface area contributed by atoms with Crippen LogP contribution in [0.25, 0.3) is 66.2 Å². The number of para-hydroxylation sites is 3. The molecule has 0 saturated heterocycles. The molecule has 3 aromatic heterocycles. The molecule has 0 saturated carbocycles. The fourth-order valence-electron chi connectivity index (χ4n) is 9.23. The van der Waals surface area contributed by atoms with E-state index in [0.29, 0.717) is 6.67 Å². The second-order valence-electron chi connectivity index (χ2n) is 15.8. The Kier molecular flexibility index (Phi) is 8.03. The van der Waals surface area contributed by atoms with Crippen molar-refractivity contribution in [2.45, 2.75) is 6.92 Å². The summed E-state index contributed by atoms with van der Waals surface area (Å²) in [5.74, 6) is 2.36. The Morgan fingerprint density at radius 2 is 1.08 bits per heavy atom. The molecule has 6 nitrogen and oxygen atoms in total. The fourth-order valence-corrected chi connectivity index (χ4v) is 9.23. The van der Waals surface area contributed by atoms with E-state index in [1.807, 2.05) is 12.3 Å². The Bertz CT molecular complexity index is 3450. The Morgan fingerprint density at radius 1 is 0.410 bits per heavy atom. The lowest BCUT2D eigenvalue weighted by Gasteiger charge is -2.22. The van der Waals surface area contributed by atoms with Crippen molar-refractivity contribution in [1.29, 1.82) is 0 Å². The van der Waals surface area contributed by atoms with E-state index in [1.54, 1.807) is 0 Å². The zero-order valence-electron chi connectivity index (χ0n) is 33.5. The van der Waals surface area contributed by atoms with Crippen LogP contribution in [0.4, 0.5) is 22.7 Å². The number of anilines is 4. The average Bonchev–Trinajstić information content (AvgIpc) is 3.97. The number of rotatable bonds is 7. The van der Waals surface area contributed by atoms with Gasteiger partial charge in [0, 0.05) is 63.0 Å². The molecule has 290 valence electrons. The SMILES string of the molecule is Cc1ccc2c(c1)c1cnc(-n3c4ccccc4c4ccc(Oc5cccc(N6CN(c7ccccc7)c7ccc(-c8ccccc8)cc76)c5)cc43)cc1n2-c1ccccc1. The summed E-state index contributed by atoms with van der Waals surface area (Å²) < 4.78 is 11.4. The van der Waals surface area contributed by atoms with Crippen LogP contribution in [0.1, 0.15) is 5.56 Å². The summed E-state index contributed by atoms with van der Waals surface area (Å²) in [7, 11) is 0. The van der Waals surface area contributed by atoms with Gasteiger partial charge in [0.05, 0.1) is 33.4 Å². The highest BCUT2D eigenvalue weighted by Gasteiger charge is 2.29. The number of hydrogen-bond acceptors (Lipinski definition) is 4. The zero-order valence-corrected chi connectivity index (χ0v) is 33.5. The molecule has 0 atom stereocenters. The van der Waals surface area contributed by atoms with Gasteiger partial charge in [0.2, 0.25) is 0 Å². The van der Waals surface area contributed by atoms with E-state index in [4.69, 9.17) is 9.72 Å². The van der Waals surface area contributed by atoms with Crippen LogP contribution in [0, 0.1) is 6.92 Å². The molecule has 0 aliphatic carbocycles. The van der Waals surface area contributed by atoms with Crippen molar-refractivity contribution < 1.29 is 4.74 Å². The summed E-state index contributed by atoms with van der Waals surface area (Å²) in [6.45, 7) is 2.82. The molecule has 61 heavy (non-hydrogen) atoms. The highest BCUT2D eigenvalue weighted by molar-refractivity contribution is 6.11. The standard InChI is InChI=1S/C55H39N5O/c1-37-24-28-50-47(30-37)48-35-56-55(34-53(48)59(50)41-18-9-4-10-19-41)60-49-23-12-11-22-45(49)46-27-26-44(33-52(46)60)61-43-21-13-20-42(32-43)58-36-57(40-16-7-3-8-17-40)51-29-25-39(31-54(51)58)38-14-5-2-6-15-38/h2-35H,36H2,1H3. The summed E-state index contributed by atoms with van der Waals surface area (Å²) >= 11 is 0. The zero-order chi connectivity index (χ0) is 40.4. The first-order valence-electron chi connectivity index (χ1n) is 20.7. The van der Waals surface area contributed by atoms with Crippen molar-refractivity contribution in [3.63, 3.8) is 0 Å². The highest BCUT2D eigenvalue weighted by atomic mass is 16.5. The van der Waals surface area contributed by atoms with Crippen molar-refractivity contribution in [2.24, 2.45) is 0 Å². The van der Waals surface area contributed by atoms with Gasteiger partial charge in [0.15, 0.2) is 0 Å². The fraction of sp³-hybridized carbons (Fsp3) is 0.0364. The van der Waals surface area contributed by atoms with Crippen LogP contribution in [0.3, 0.4) is 0 Å². The number of nitrogens with zero attached hydrogens (tertiary/aromatic N) is 5. The van der Waals surface area contributed by atoms with E-state index in [0.717, 1.165) is 78.3 Å². The second kappa shape index (κ2) is 14.0. The number of pyridine rings is 1. The van der Waals surface area contributed by atoms with E-state index < -0.39 is 0 Å². The molecule has 12 rings (SSSR count). The minimum absolute atomic E-state index is 0.674. The molecule has 4 heterocycles. The Labute approximate surface area is 353 Å². The molecule has 11 aromatic rings. The summed E-state index contributed by atoms with van der Waals surface area (Å²) in [5, 5.41) is 4.62. The van der Waals surface area contributed by atoms with Gasteiger partial charge >= 0.3 is 0 Å². The van der Waals surface area contributed by atoms with Gasteiger partial charge in [-0.1, -0.05) is 109 Å². The highest BCUT2D eigenvalue weighted by Crippen LogP contribution is 2.47. The number of aryl methyl sites for hydroxylation is 1. The molecule has 0 unspecified atom stereocenters. The van der Waals surface area contributed by atoms with E-state index in [1.165, 1.54) is 27.8 Å². The predicted molar refractivity (Wildman–Crippen MR) is 252 cm³/mol. The van der Waals surface area contributed by atoms with Gasteiger partial charge in [-0.15, -0.1) is 0 Å². The molecule has 0 radical (unpaired) electrons. The van der Waals surface area contributed by atoms with Crippen LogP contribution < -0.4 is 14.5 Å². The number of ether oxygens (including phenoxy) is 1. The molecular weight excluding hydrogens is 747 g/mol. The predicted octanol–water partition coefficient (Wildman–Crippen LogP) is 14.3. The van der Waals surface area contributed by atoms with Crippen molar-refractivity contribution in [3.8, 4) is 34.1 Å². The Morgan fingerprint density at radius 3 is 1.92 bits per heavy atom. The summed E-state index contributed by atoms with van der Waals surface area (Å²) in [6.07, 6.45) is 2.04. The largest absolute Gasteiger partial charge is 0.457 e. The molecule has 0 bridgehead atoms. The maximum absolute atomic E-state index is 6.79. The monoisotopic (exact) mass is 785 g/mol. The molecule has 1 aliphatic heterocycles. The van der Waals surface area contributed by atoms with Crippen LogP contribution in [-0.2, 0) is 0 Å². The number of fused-ring (bicyclic) bond motifs is 7. The van der Waals surface area contributed by atoms with E-state index >= 15 is 0 Å². The minimum Gasteiger partial charge on any atom is -0.457 e. The normalized spacial score (nSPS) is 12.5. The number of benzene rings is 8. The smallest absolute Gasteiger partial charge is 0.139 e.